The first kappa shape index (κ1) is 19.6. The average molecular weight is 375 g/mol. The van der Waals surface area contributed by atoms with Crippen LogP contribution in [-0.4, -0.2) is 66.0 Å². The first-order valence-electron chi connectivity index (χ1n) is 9.70. The molecule has 148 valence electrons. The molecule has 0 aliphatic carbocycles. The molecule has 3 heterocycles. The number of aryl methyl sites for hydroxylation is 2. The molecule has 2 atom stereocenters. The minimum Gasteiger partial charge on any atom is -0.385 e. The van der Waals surface area contributed by atoms with Crippen molar-refractivity contribution in [1.29, 1.82) is 0 Å². The van der Waals surface area contributed by atoms with Crippen molar-refractivity contribution >= 4 is 11.8 Å². The highest BCUT2D eigenvalue weighted by Crippen LogP contribution is 2.32. The second-order valence-corrected chi connectivity index (χ2v) is 7.66. The van der Waals surface area contributed by atoms with Gasteiger partial charge >= 0.3 is 0 Å². The van der Waals surface area contributed by atoms with Gasteiger partial charge in [0.1, 0.15) is 5.56 Å². The third-order valence-corrected chi connectivity index (χ3v) is 5.75. The number of ether oxygens (including phenoxy) is 1. The number of methoxy groups -OCH3 is 1. The fourth-order valence-electron chi connectivity index (χ4n) is 4.48. The second kappa shape index (κ2) is 8.25. The quantitative estimate of drug-likeness (QED) is 0.791. The fourth-order valence-corrected chi connectivity index (χ4v) is 4.48. The summed E-state index contributed by atoms with van der Waals surface area (Å²) in [6.07, 6.45) is 2.92. The first-order chi connectivity index (χ1) is 12.9. The maximum absolute atomic E-state index is 13.0. The van der Waals surface area contributed by atoms with Gasteiger partial charge < -0.3 is 19.5 Å². The van der Waals surface area contributed by atoms with Crippen molar-refractivity contribution in [1.82, 2.24) is 14.8 Å². The van der Waals surface area contributed by atoms with E-state index in [9.17, 15) is 14.4 Å². The van der Waals surface area contributed by atoms with E-state index >= 15 is 0 Å². The summed E-state index contributed by atoms with van der Waals surface area (Å²) in [7, 11) is 1.67. The number of rotatable bonds is 5. The van der Waals surface area contributed by atoms with Gasteiger partial charge in [0.15, 0.2) is 5.43 Å². The van der Waals surface area contributed by atoms with Crippen LogP contribution in [0, 0.1) is 19.8 Å². The van der Waals surface area contributed by atoms with E-state index in [1.54, 1.807) is 18.9 Å². The predicted octanol–water partition coefficient (Wildman–Crippen LogP) is 1.48. The van der Waals surface area contributed by atoms with E-state index in [-0.39, 0.29) is 34.8 Å². The maximum atomic E-state index is 13.0. The summed E-state index contributed by atoms with van der Waals surface area (Å²) >= 11 is 0. The normalized spacial score (nSPS) is 22.7. The molecule has 3 rings (SSSR count). The molecule has 0 aromatic carbocycles. The van der Waals surface area contributed by atoms with Crippen molar-refractivity contribution in [3.05, 3.63) is 33.2 Å². The van der Waals surface area contributed by atoms with E-state index in [0.29, 0.717) is 38.4 Å². The fraction of sp³-hybridized carbons (Fsp3) is 0.650. The van der Waals surface area contributed by atoms with Gasteiger partial charge in [0.2, 0.25) is 5.91 Å². The maximum Gasteiger partial charge on any atom is 0.259 e. The van der Waals surface area contributed by atoms with Crippen molar-refractivity contribution in [2.75, 3.05) is 33.4 Å². The van der Waals surface area contributed by atoms with E-state index in [1.807, 2.05) is 11.8 Å². The molecule has 1 N–H and O–H groups in total. The number of amides is 2. The van der Waals surface area contributed by atoms with E-state index in [1.165, 1.54) is 6.07 Å². The van der Waals surface area contributed by atoms with E-state index in [2.05, 4.69) is 4.98 Å². The number of carbonyl (C=O) groups excluding carboxylic acids is 2. The molecular formula is C20H29N3O4. The van der Waals surface area contributed by atoms with Crippen LogP contribution in [-0.2, 0) is 9.53 Å². The average Bonchev–Trinajstić information content (AvgIpc) is 2.62. The van der Waals surface area contributed by atoms with Crippen LogP contribution in [0.5, 0.6) is 0 Å². The van der Waals surface area contributed by atoms with Gasteiger partial charge in [-0.2, -0.15) is 0 Å². The van der Waals surface area contributed by atoms with E-state index in [0.717, 1.165) is 25.0 Å². The SMILES string of the molecule is COCCCN1C(=O)CC[C@H]2CN(C(=O)c3c(C)[nH]c(C)cc3=O)CC[C@H]21. The van der Waals surface area contributed by atoms with Crippen molar-refractivity contribution in [3.63, 3.8) is 0 Å². The molecule has 0 unspecified atom stereocenters. The lowest BCUT2D eigenvalue weighted by Gasteiger charge is -2.47. The topological polar surface area (TPSA) is 82.7 Å². The minimum atomic E-state index is -0.226. The third kappa shape index (κ3) is 4.08. The summed E-state index contributed by atoms with van der Waals surface area (Å²) in [5, 5.41) is 0. The van der Waals surface area contributed by atoms with Gasteiger partial charge in [-0.05, 0) is 39.0 Å². The highest BCUT2D eigenvalue weighted by atomic mass is 16.5. The smallest absolute Gasteiger partial charge is 0.259 e. The molecule has 2 fully saturated rings. The lowest BCUT2D eigenvalue weighted by Crippen LogP contribution is -2.57. The van der Waals surface area contributed by atoms with Crippen LogP contribution in [0.2, 0.25) is 0 Å². The molecule has 7 nitrogen and oxygen atoms in total. The molecular weight excluding hydrogens is 346 g/mol. The highest BCUT2D eigenvalue weighted by Gasteiger charge is 2.40. The molecule has 2 amide bonds. The van der Waals surface area contributed by atoms with Crippen molar-refractivity contribution in [2.24, 2.45) is 5.92 Å². The van der Waals surface area contributed by atoms with Gasteiger partial charge in [0, 0.05) is 63.3 Å². The number of H-pyrrole nitrogens is 1. The van der Waals surface area contributed by atoms with Crippen molar-refractivity contribution in [3.8, 4) is 0 Å². The summed E-state index contributed by atoms with van der Waals surface area (Å²) in [5.41, 5.74) is 1.39. The Labute approximate surface area is 159 Å². The Morgan fingerprint density at radius 3 is 2.78 bits per heavy atom. The van der Waals surface area contributed by atoms with Crippen LogP contribution >= 0.6 is 0 Å². The zero-order valence-electron chi connectivity index (χ0n) is 16.4. The molecule has 2 aliphatic heterocycles. The van der Waals surface area contributed by atoms with Crippen LogP contribution in [0.1, 0.15) is 47.4 Å². The van der Waals surface area contributed by atoms with Crippen LogP contribution < -0.4 is 5.43 Å². The predicted molar refractivity (Wildman–Crippen MR) is 102 cm³/mol. The summed E-state index contributed by atoms with van der Waals surface area (Å²) in [4.78, 5) is 44.5. The zero-order chi connectivity index (χ0) is 19.6. The van der Waals surface area contributed by atoms with E-state index < -0.39 is 0 Å². The molecule has 1 aromatic heterocycles. The number of nitrogens with zero attached hydrogens (tertiary/aromatic N) is 2. The Hall–Kier alpha value is -2.15. The Morgan fingerprint density at radius 2 is 2.07 bits per heavy atom. The zero-order valence-corrected chi connectivity index (χ0v) is 16.4. The molecule has 0 bridgehead atoms. The summed E-state index contributed by atoms with van der Waals surface area (Å²) < 4.78 is 5.11. The van der Waals surface area contributed by atoms with Crippen molar-refractivity contribution < 1.29 is 14.3 Å². The molecule has 1 aromatic rings. The number of nitrogens with one attached hydrogen (secondary N) is 1. The Kier molecular flexibility index (Phi) is 5.99. The van der Waals surface area contributed by atoms with Crippen LogP contribution in [0.4, 0.5) is 0 Å². The monoisotopic (exact) mass is 375 g/mol. The molecule has 27 heavy (non-hydrogen) atoms. The summed E-state index contributed by atoms with van der Waals surface area (Å²) in [6, 6.07) is 1.66. The van der Waals surface area contributed by atoms with Gasteiger partial charge in [-0.15, -0.1) is 0 Å². The third-order valence-electron chi connectivity index (χ3n) is 5.75. The largest absolute Gasteiger partial charge is 0.385 e. The van der Waals surface area contributed by atoms with E-state index in [4.69, 9.17) is 4.74 Å². The van der Waals surface area contributed by atoms with Gasteiger partial charge in [0.25, 0.3) is 5.91 Å². The minimum absolute atomic E-state index is 0.185. The molecule has 2 aliphatic rings. The highest BCUT2D eigenvalue weighted by molar-refractivity contribution is 5.95. The van der Waals surface area contributed by atoms with Gasteiger partial charge in [-0.3, -0.25) is 14.4 Å². The number of hydrogen-bond acceptors (Lipinski definition) is 4. The number of likely N-dealkylation sites (tertiary alicyclic amines) is 2. The number of aromatic nitrogens is 1. The molecule has 2 saturated heterocycles. The number of pyridine rings is 1. The molecule has 0 radical (unpaired) electrons. The molecule has 0 spiro atoms. The summed E-state index contributed by atoms with van der Waals surface area (Å²) in [6.45, 7) is 6.10. The van der Waals surface area contributed by atoms with Crippen LogP contribution in [0.25, 0.3) is 0 Å². The van der Waals surface area contributed by atoms with Crippen molar-refractivity contribution in [2.45, 2.75) is 45.6 Å². The van der Waals surface area contributed by atoms with Gasteiger partial charge in [-0.1, -0.05) is 0 Å². The number of hydrogen-bond donors (Lipinski definition) is 1. The first-order valence-corrected chi connectivity index (χ1v) is 9.70. The molecule has 0 saturated carbocycles. The van der Waals surface area contributed by atoms with Crippen LogP contribution in [0.15, 0.2) is 10.9 Å². The number of fused-ring (bicyclic) bond motifs is 1. The van der Waals surface area contributed by atoms with Gasteiger partial charge in [-0.25, -0.2) is 0 Å². The van der Waals surface area contributed by atoms with Gasteiger partial charge in [0.05, 0.1) is 0 Å². The molecule has 7 heteroatoms. The Morgan fingerprint density at radius 1 is 1.30 bits per heavy atom. The summed E-state index contributed by atoms with van der Waals surface area (Å²) in [5.74, 6) is 0.278. The van der Waals surface area contributed by atoms with Crippen LogP contribution in [0.3, 0.4) is 0 Å². The lowest BCUT2D eigenvalue weighted by atomic mass is 9.83. The number of piperidine rings is 2. The second-order valence-electron chi connectivity index (χ2n) is 7.66. The Balaban J connectivity index is 1.72. The standard InChI is InChI=1S/C20H29N3O4/c1-13-11-17(24)19(14(2)21-13)20(26)22-9-7-16-15(12-22)5-6-18(25)23(16)8-4-10-27-3/h11,15-16H,4-10,12H2,1-3H3,(H,21,24)/t15-,16+/m0/s1. The number of aromatic amines is 1. The Bertz CT molecular complexity index is 773. The number of carbonyl (C=O) groups is 2. The lowest BCUT2D eigenvalue weighted by molar-refractivity contribution is -0.140.